The number of amides is 9. The van der Waals surface area contributed by atoms with Crippen LogP contribution in [0, 0.1) is 29.1 Å². The fourth-order valence-electron chi connectivity index (χ4n) is 13.8. The van der Waals surface area contributed by atoms with Gasteiger partial charge >= 0.3 is 0 Å². The van der Waals surface area contributed by atoms with Crippen molar-refractivity contribution in [1.29, 1.82) is 0 Å². The third-order valence-corrected chi connectivity index (χ3v) is 23.6. The highest BCUT2D eigenvalue weighted by atomic mass is 32.2. The summed E-state index contributed by atoms with van der Waals surface area (Å²) >= 11 is 1.47. The van der Waals surface area contributed by atoms with E-state index < -0.39 is 45.6 Å². The molecule has 127 heavy (non-hydrogen) atoms. The smallest absolute Gasteiger partial charge is 0.276 e. The van der Waals surface area contributed by atoms with Crippen LogP contribution in [0.2, 0.25) is 0 Å². The number of nitrogens with one attached hydrogen (secondary N) is 10. The Kier molecular flexibility index (Phi) is 35.6. The number of carbonyl (C=O) groups excluding carboxylic acids is 9. The quantitative estimate of drug-likeness (QED) is 0.0197. The summed E-state index contributed by atoms with van der Waals surface area (Å²) in [4.78, 5) is 129. The molecule has 8 heterocycles. The Bertz CT molecular complexity index is 5690. The van der Waals surface area contributed by atoms with Crippen molar-refractivity contribution in [3.8, 4) is 0 Å². The second-order valence-corrected chi connectivity index (χ2v) is 36.4. The number of likely N-dealkylation sites (tertiary alicyclic amines) is 1. The van der Waals surface area contributed by atoms with Crippen LogP contribution in [0.3, 0.4) is 0 Å². The fraction of sp³-hybridized carbons (Fsp3) is 0.337. The monoisotopic (exact) mass is 1780 g/mol. The number of hydrogen-bond acceptors (Lipinski definition) is 22. The van der Waals surface area contributed by atoms with Crippen LogP contribution in [0.5, 0.6) is 0 Å². The van der Waals surface area contributed by atoms with Crippen molar-refractivity contribution in [2.75, 3.05) is 20.1 Å². The number of hydroxylamine groups is 5. The summed E-state index contributed by atoms with van der Waals surface area (Å²) in [6.07, 6.45) is 11.1. The Morgan fingerprint density at radius 2 is 0.937 bits per heavy atom. The van der Waals surface area contributed by atoms with Crippen molar-refractivity contribution < 1.29 is 77.6 Å². The summed E-state index contributed by atoms with van der Waals surface area (Å²) < 4.78 is 32.3. The van der Waals surface area contributed by atoms with Crippen molar-refractivity contribution in [3.63, 3.8) is 0 Å². The molecule has 0 bridgehead atoms. The molecule has 0 saturated carbocycles. The molecule has 7 aromatic heterocycles. The van der Waals surface area contributed by atoms with E-state index in [4.69, 9.17) is 26.0 Å². The first-order valence-electron chi connectivity index (χ1n) is 41.0. The molecule has 9 amide bonds. The number of thiophene rings is 1. The minimum absolute atomic E-state index is 0.0282. The van der Waals surface area contributed by atoms with E-state index in [2.05, 4.69) is 78.6 Å². The molecule has 674 valence electrons. The van der Waals surface area contributed by atoms with Gasteiger partial charge in [0.15, 0.2) is 0 Å². The Hall–Kier alpha value is -12.8. The number of nitrogens with zero attached hydrogens (tertiary/aromatic N) is 7. The number of carbonyl (C=O) groups is 9. The van der Waals surface area contributed by atoms with Gasteiger partial charge < -0.3 is 35.3 Å². The minimum Gasteiger partial charge on any atom is -0.347 e. The molecule has 0 spiro atoms. The molecular formula is C92H113N17O16S2. The van der Waals surface area contributed by atoms with E-state index in [-0.39, 0.29) is 97.1 Å². The van der Waals surface area contributed by atoms with E-state index in [9.17, 15) is 51.6 Å². The van der Waals surface area contributed by atoms with Crippen molar-refractivity contribution in [2.45, 2.75) is 150 Å². The summed E-state index contributed by atoms with van der Waals surface area (Å²) in [6.45, 7) is 25.8. The number of fused-ring (bicyclic) bond motifs is 2. The lowest BCUT2D eigenvalue weighted by atomic mass is 9.82. The molecule has 35 heteroatoms. The first-order chi connectivity index (χ1) is 60.2. The van der Waals surface area contributed by atoms with Crippen LogP contribution in [0.1, 0.15) is 255 Å². The van der Waals surface area contributed by atoms with Crippen molar-refractivity contribution >= 4 is 95.5 Å². The van der Waals surface area contributed by atoms with Crippen LogP contribution in [-0.2, 0) is 28.9 Å². The van der Waals surface area contributed by atoms with E-state index >= 15 is 0 Å². The van der Waals surface area contributed by atoms with Gasteiger partial charge in [-0.25, -0.2) is 40.5 Å². The number of pyridine rings is 4. The maximum absolute atomic E-state index is 12.9. The van der Waals surface area contributed by atoms with Gasteiger partial charge in [-0.1, -0.05) is 149 Å². The van der Waals surface area contributed by atoms with Gasteiger partial charge in [-0.05, 0) is 189 Å². The average molecular weight is 1780 g/mol. The zero-order valence-corrected chi connectivity index (χ0v) is 75.3. The molecule has 1 fully saturated rings. The molecule has 0 unspecified atom stereocenters. The molecule has 4 aromatic carbocycles. The summed E-state index contributed by atoms with van der Waals surface area (Å²) in [6, 6.07) is 47.1. The van der Waals surface area contributed by atoms with Gasteiger partial charge in [0.25, 0.3) is 47.3 Å². The molecule has 1 saturated heterocycles. The summed E-state index contributed by atoms with van der Waals surface area (Å²) in [7, 11) is 2.02. The summed E-state index contributed by atoms with van der Waals surface area (Å²) in [5, 5.41) is 58.0. The van der Waals surface area contributed by atoms with E-state index in [1.54, 1.807) is 99.3 Å². The van der Waals surface area contributed by atoms with Gasteiger partial charge in [0.2, 0.25) is 15.9 Å². The first-order valence-corrected chi connectivity index (χ1v) is 43.3. The van der Waals surface area contributed by atoms with E-state index in [0.717, 1.165) is 64.5 Å². The zero-order chi connectivity index (χ0) is 93.3. The maximum atomic E-state index is 12.9. The minimum atomic E-state index is -3.72. The molecular weight excluding hydrogens is 1660 g/mol. The molecule has 0 radical (unpaired) electrons. The maximum Gasteiger partial charge on any atom is 0.276 e. The lowest BCUT2D eigenvalue weighted by Gasteiger charge is -2.34. The standard InChI is InChI=1S/C21H22N2O3S.C20H22N4O3.C18H28N4O3.C17H22N4O3.C16H19N3O4S/c1-21(2,3)18(13-8-10-14(11-9-13)19(24)23-26)22-20(25)17-12-15-6-4-5-7-16(15)27-17;1-3-6-15(16-11-14(9-10-21-16)19(25)23-27)22-20(26)18-12-13-7-4-5-8-17(13)24(18)2;1-18(2,3)15(14-6-5-13(11-19-14)17(24)21-25)20-16(23)12-7-9-22(4)10-8-12;1-17(2,3)14(19-16(23)13-6-5-9-21(13)4)12-8-7-11(10-18-12)15(22)20-24;1-3-14(15-10-12(8-9-17-15)16(20)18-21)19-24(22,23)13-6-4-11(2)5-7-13/h4-12,18,26H,1-3H3,(H,22,25)(H,23,24);4-5,7-12,15,27H,3,6H2,1-2H3,(H,22,26)(H,23,25);5-6,11-12,15,25H,7-10H2,1-4H3,(H,20,23)(H,21,24);5-10,14,24H,1-4H3,(H,19,23)(H,20,22);4-10,14,19,21H,3H2,1-2H3,(H,18,20)/t18-;2*15-;2*14-/m10111/s1. The largest absolute Gasteiger partial charge is 0.347 e. The molecule has 1 aliphatic heterocycles. The Morgan fingerprint density at radius 3 is 1.41 bits per heavy atom. The predicted octanol–water partition coefficient (Wildman–Crippen LogP) is 13.2. The number of sulfonamides is 1. The van der Waals surface area contributed by atoms with Crippen molar-refractivity contribution in [2.24, 2.45) is 36.3 Å². The normalized spacial score (nSPS) is 13.5. The highest BCUT2D eigenvalue weighted by Gasteiger charge is 2.35. The third-order valence-electron chi connectivity index (χ3n) is 21.0. The molecule has 12 rings (SSSR count). The van der Waals surface area contributed by atoms with Gasteiger partial charge in [0.1, 0.15) is 11.4 Å². The van der Waals surface area contributed by atoms with Crippen LogP contribution in [0.4, 0.5) is 0 Å². The molecule has 33 nitrogen and oxygen atoms in total. The van der Waals surface area contributed by atoms with Crippen molar-refractivity contribution in [3.05, 3.63) is 279 Å². The van der Waals surface area contributed by atoms with Gasteiger partial charge in [0, 0.05) is 83.3 Å². The van der Waals surface area contributed by atoms with E-state index in [1.807, 2.05) is 154 Å². The van der Waals surface area contributed by atoms with Crippen LogP contribution in [-0.4, -0.2) is 142 Å². The summed E-state index contributed by atoms with van der Waals surface area (Å²) in [5.41, 5.74) is 14.8. The molecule has 5 atom stereocenters. The zero-order valence-electron chi connectivity index (χ0n) is 73.6. The second-order valence-electron chi connectivity index (χ2n) is 33.6. The van der Waals surface area contributed by atoms with E-state index in [1.165, 1.54) is 71.9 Å². The second kappa shape index (κ2) is 45.4. The number of para-hydroxylation sites is 1. The van der Waals surface area contributed by atoms with Crippen LogP contribution >= 0.6 is 11.3 Å². The highest BCUT2D eigenvalue weighted by Crippen LogP contribution is 2.37. The summed E-state index contributed by atoms with van der Waals surface area (Å²) in [5.74, 6) is -3.53. The number of rotatable bonds is 24. The number of benzene rings is 4. The molecule has 0 aliphatic carbocycles. The van der Waals surface area contributed by atoms with Crippen LogP contribution in [0.15, 0.2) is 206 Å². The van der Waals surface area contributed by atoms with Gasteiger partial charge in [0.05, 0.1) is 73.9 Å². The predicted molar refractivity (Wildman–Crippen MR) is 479 cm³/mol. The third kappa shape index (κ3) is 27.6. The van der Waals surface area contributed by atoms with Crippen LogP contribution < -0.4 is 53.4 Å². The Morgan fingerprint density at radius 1 is 0.465 bits per heavy atom. The molecule has 1 aliphatic rings. The van der Waals surface area contributed by atoms with E-state index in [0.29, 0.717) is 57.4 Å². The van der Waals surface area contributed by atoms with Crippen LogP contribution in [0.25, 0.3) is 21.0 Å². The average Bonchev–Trinajstić information content (AvgIpc) is 1.71. The molecule has 11 aromatic rings. The Labute approximate surface area is 741 Å². The first kappa shape index (κ1) is 99.6. The lowest BCUT2D eigenvalue weighted by Crippen LogP contribution is -2.43. The van der Waals surface area contributed by atoms with Crippen molar-refractivity contribution in [1.82, 2.24) is 87.4 Å². The number of hydrogen-bond donors (Lipinski definition) is 15. The number of piperidine rings is 1. The fourth-order valence-corrected chi connectivity index (χ4v) is 16.0. The topological polar surface area (TPSA) is 474 Å². The van der Waals surface area contributed by atoms with Gasteiger partial charge in [-0.15, -0.1) is 11.3 Å². The highest BCUT2D eigenvalue weighted by molar-refractivity contribution is 7.89. The lowest BCUT2D eigenvalue weighted by molar-refractivity contribution is -0.128. The van der Waals surface area contributed by atoms with Gasteiger partial charge in [-0.2, -0.15) is 0 Å². The molecule has 15 N–H and O–H groups in total. The number of aromatic nitrogens is 6. The van der Waals surface area contributed by atoms with Gasteiger partial charge in [-0.3, -0.25) is 89.1 Å². The SMILES string of the molecule is CC(C)(C)[C@H](NC(=O)c1cc2ccccc2s1)c1ccc(C(=O)NO)cc1.CCC[C@H](NC(=O)c1cc2ccccc2n1C)c1cc(C(=O)NO)ccn1.CC[C@@H](NS(=O)(=O)c1ccc(C)cc1)c1cc(C(=O)NO)ccn1.CN1CCC(C(=O)N[C@H](c2ccc(C(=O)NO)cn2)C(C)(C)C)CC1.Cn1cccc1C(=O)N[C@H](c1ccc(C(=O)NO)cn1)C(C)(C)C. The number of aryl methyl sites for hydroxylation is 3. The Balaban J connectivity index is 0.000000197.